The van der Waals surface area contributed by atoms with Gasteiger partial charge in [0.05, 0.1) is 5.75 Å². The largest absolute Gasteiger partial charge is 0.481 e. The van der Waals surface area contributed by atoms with E-state index in [0.717, 1.165) is 29.5 Å². The summed E-state index contributed by atoms with van der Waals surface area (Å²) in [6.07, 6.45) is 9.34. The number of aliphatic carboxylic acids is 1. The smallest absolute Gasteiger partial charge is 0.313 e. The molecule has 3 unspecified atom stereocenters. The number of nitrogens with zero attached hydrogens (tertiary/aromatic N) is 2. The molecule has 0 aromatic carbocycles. The van der Waals surface area contributed by atoms with Crippen LogP contribution >= 0.6 is 11.8 Å². The minimum Gasteiger partial charge on any atom is -0.481 e. The molecule has 2 saturated carbocycles. The van der Waals surface area contributed by atoms with Gasteiger partial charge in [0, 0.05) is 18.9 Å². The van der Waals surface area contributed by atoms with Crippen LogP contribution in [-0.2, 0) is 11.3 Å². The Bertz CT molecular complexity index is 446. The molecular formula is C13H18N2O2S. The second-order valence-corrected chi connectivity index (χ2v) is 6.42. The van der Waals surface area contributed by atoms with Crippen LogP contribution in [0, 0.1) is 17.8 Å². The van der Waals surface area contributed by atoms with E-state index in [1.54, 1.807) is 6.20 Å². The second kappa shape index (κ2) is 4.96. The Kier molecular flexibility index (Phi) is 3.33. The summed E-state index contributed by atoms with van der Waals surface area (Å²) in [4.78, 5) is 14.9. The van der Waals surface area contributed by atoms with Crippen LogP contribution in [0.4, 0.5) is 0 Å². The zero-order chi connectivity index (χ0) is 12.5. The van der Waals surface area contributed by atoms with Crippen molar-refractivity contribution in [2.24, 2.45) is 17.8 Å². The van der Waals surface area contributed by atoms with Gasteiger partial charge in [-0.1, -0.05) is 18.2 Å². The van der Waals surface area contributed by atoms with Gasteiger partial charge in [-0.2, -0.15) is 0 Å². The van der Waals surface area contributed by atoms with E-state index in [4.69, 9.17) is 5.11 Å². The molecule has 0 amide bonds. The predicted molar refractivity (Wildman–Crippen MR) is 69.5 cm³/mol. The van der Waals surface area contributed by atoms with Crippen LogP contribution in [0.25, 0.3) is 0 Å². The fourth-order valence-corrected chi connectivity index (χ4v) is 4.24. The number of hydrogen-bond donors (Lipinski definition) is 1. The quantitative estimate of drug-likeness (QED) is 0.832. The maximum absolute atomic E-state index is 10.6. The molecule has 2 aliphatic carbocycles. The second-order valence-electron chi connectivity index (χ2n) is 5.48. The fourth-order valence-electron chi connectivity index (χ4n) is 3.55. The van der Waals surface area contributed by atoms with Crippen molar-refractivity contribution in [2.45, 2.75) is 37.4 Å². The summed E-state index contributed by atoms with van der Waals surface area (Å²) < 4.78 is 2.14. The number of aromatic nitrogens is 2. The molecule has 0 radical (unpaired) electrons. The molecule has 1 aromatic heterocycles. The molecule has 1 N–H and O–H groups in total. The van der Waals surface area contributed by atoms with Crippen LogP contribution in [0.5, 0.6) is 0 Å². The number of imidazole rings is 1. The van der Waals surface area contributed by atoms with Crippen molar-refractivity contribution in [3.8, 4) is 0 Å². The highest BCUT2D eigenvalue weighted by Gasteiger charge is 2.39. The van der Waals surface area contributed by atoms with E-state index in [0.29, 0.717) is 0 Å². The van der Waals surface area contributed by atoms with Gasteiger partial charge in [-0.05, 0) is 37.0 Å². The molecule has 3 rings (SSSR count). The summed E-state index contributed by atoms with van der Waals surface area (Å²) in [5.74, 6) is 1.94. The van der Waals surface area contributed by atoms with Crippen molar-refractivity contribution in [1.82, 2.24) is 9.55 Å². The highest BCUT2D eigenvalue weighted by Crippen LogP contribution is 2.49. The molecular weight excluding hydrogens is 248 g/mol. The minimum absolute atomic E-state index is 0.0910. The van der Waals surface area contributed by atoms with E-state index < -0.39 is 5.97 Å². The monoisotopic (exact) mass is 266 g/mol. The number of carboxylic acid groups (broad SMARTS) is 1. The van der Waals surface area contributed by atoms with Crippen molar-refractivity contribution in [1.29, 1.82) is 0 Å². The van der Waals surface area contributed by atoms with Gasteiger partial charge in [-0.15, -0.1) is 0 Å². The van der Waals surface area contributed by atoms with Crippen LogP contribution in [0.3, 0.4) is 0 Å². The van der Waals surface area contributed by atoms with Gasteiger partial charge in [0.25, 0.3) is 0 Å². The molecule has 0 spiro atoms. The highest BCUT2D eigenvalue weighted by molar-refractivity contribution is 7.99. The molecule has 1 heterocycles. The molecule has 2 fully saturated rings. The molecule has 98 valence electrons. The Morgan fingerprint density at radius 1 is 1.50 bits per heavy atom. The molecule has 0 saturated heterocycles. The van der Waals surface area contributed by atoms with Gasteiger partial charge >= 0.3 is 5.97 Å². The number of thioether (sulfide) groups is 1. The average molecular weight is 266 g/mol. The average Bonchev–Trinajstić information content (AvgIpc) is 3.02. The third-order valence-electron chi connectivity index (χ3n) is 4.32. The molecule has 5 heteroatoms. The topological polar surface area (TPSA) is 55.1 Å². The summed E-state index contributed by atoms with van der Waals surface area (Å²) in [6.45, 7) is 1.02. The molecule has 18 heavy (non-hydrogen) atoms. The molecule has 2 bridgehead atoms. The van der Waals surface area contributed by atoms with Gasteiger partial charge in [-0.25, -0.2) is 4.98 Å². The van der Waals surface area contributed by atoms with Crippen molar-refractivity contribution in [2.75, 3.05) is 5.75 Å². The lowest BCUT2D eigenvalue weighted by Crippen LogP contribution is -2.17. The Morgan fingerprint density at radius 3 is 3.06 bits per heavy atom. The number of fused-ring (bicyclic) bond motifs is 2. The molecule has 3 atom stereocenters. The Balaban J connectivity index is 1.62. The third-order valence-corrected chi connectivity index (χ3v) is 5.31. The Labute approximate surface area is 111 Å². The summed E-state index contributed by atoms with van der Waals surface area (Å²) in [7, 11) is 0. The fraction of sp³-hybridized carbons (Fsp3) is 0.692. The lowest BCUT2D eigenvalue weighted by atomic mass is 9.89. The summed E-state index contributed by atoms with van der Waals surface area (Å²) in [5, 5.41) is 9.56. The van der Waals surface area contributed by atoms with E-state index in [9.17, 15) is 4.79 Å². The van der Waals surface area contributed by atoms with Crippen molar-refractivity contribution in [3.63, 3.8) is 0 Å². The van der Waals surface area contributed by atoms with Crippen LogP contribution in [-0.4, -0.2) is 26.4 Å². The van der Waals surface area contributed by atoms with E-state index in [1.165, 1.54) is 37.4 Å². The zero-order valence-corrected chi connectivity index (χ0v) is 11.1. The lowest BCUT2D eigenvalue weighted by Gasteiger charge is -2.22. The maximum atomic E-state index is 10.6. The van der Waals surface area contributed by atoms with E-state index >= 15 is 0 Å². The van der Waals surface area contributed by atoms with Crippen LogP contribution in [0.1, 0.15) is 25.7 Å². The van der Waals surface area contributed by atoms with Crippen LogP contribution in [0.2, 0.25) is 0 Å². The van der Waals surface area contributed by atoms with Gasteiger partial charge in [0.15, 0.2) is 5.16 Å². The van der Waals surface area contributed by atoms with Gasteiger partial charge in [0.2, 0.25) is 0 Å². The van der Waals surface area contributed by atoms with E-state index in [2.05, 4.69) is 9.55 Å². The number of rotatable bonds is 5. The standard InChI is InChI=1S/C13H18N2O2S/c16-12(17)8-18-13-14-3-4-15(13)7-11-6-9-1-2-10(11)5-9/h3-4,9-11H,1-2,5-8H2,(H,16,17). The van der Waals surface area contributed by atoms with Crippen molar-refractivity contribution >= 4 is 17.7 Å². The van der Waals surface area contributed by atoms with Gasteiger partial charge < -0.3 is 9.67 Å². The van der Waals surface area contributed by atoms with Crippen molar-refractivity contribution < 1.29 is 9.90 Å². The third kappa shape index (κ3) is 2.41. The van der Waals surface area contributed by atoms with E-state index in [-0.39, 0.29) is 5.75 Å². The molecule has 0 aliphatic heterocycles. The number of carboxylic acids is 1. The first-order valence-corrected chi connectivity index (χ1v) is 7.56. The molecule has 1 aromatic rings. The maximum Gasteiger partial charge on any atom is 0.313 e. The van der Waals surface area contributed by atoms with Gasteiger partial charge in [-0.3, -0.25) is 4.79 Å². The van der Waals surface area contributed by atoms with Gasteiger partial charge in [0.1, 0.15) is 0 Å². The highest BCUT2D eigenvalue weighted by atomic mass is 32.2. The molecule has 4 nitrogen and oxygen atoms in total. The minimum atomic E-state index is -0.783. The summed E-state index contributed by atoms with van der Waals surface area (Å²) >= 11 is 1.32. The Morgan fingerprint density at radius 2 is 2.39 bits per heavy atom. The van der Waals surface area contributed by atoms with Crippen LogP contribution < -0.4 is 0 Å². The van der Waals surface area contributed by atoms with E-state index in [1.807, 2.05) is 6.20 Å². The predicted octanol–water partition coefficient (Wildman–Crippen LogP) is 2.50. The first-order chi connectivity index (χ1) is 8.72. The lowest BCUT2D eigenvalue weighted by molar-refractivity contribution is -0.133. The Hall–Kier alpha value is -0.970. The summed E-state index contributed by atoms with van der Waals surface area (Å²) in [5.41, 5.74) is 0. The van der Waals surface area contributed by atoms with Crippen molar-refractivity contribution in [3.05, 3.63) is 12.4 Å². The number of hydrogen-bond acceptors (Lipinski definition) is 3. The first-order valence-electron chi connectivity index (χ1n) is 6.58. The number of carbonyl (C=O) groups is 1. The normalized spacial score (nSPS) is 29.9. The molecule has 2 aliphatic rings. The SMILES string of the molecule is O=C(O)CSc1nccn1CC1CC2CCC1C2. The first kappa shape index (κ1) is 12.1. The van der Waals surface area contributed by atoms with Crippen LogP contribution in [0.15, 0.2) is 17.6 Å². The zero-order valence-electron chi connectivity index (χ0n) is 10.3. The summed E-state index contributed by atoms with van der Waals surface area (Å²) in [6, 6.07) is 0.